The highest BCUT2D eigenvalue weighted by atomic mass is 35.5. The van der Waals surface area contributed by atoms with Crippen molar-refractivity contribution in [1.29, 1.82) is 0 Å². The molecule has 2 aromatic carbocycles. The molecule has 3 rings (SSSR count). The molecule has 3 heteroatoms. The molecule has 0 saturated carbocycles. The Morgan fingerprint density at radius 3 is 2.65 bits per heavy atom. The molecule has 1 aliphatic rings. The summed E-state index contributed by atoms with van der Waals surface area (Å²) in [4.78, 5) is 0. The van der Waals surface area contributed by atoms with Gasteiger partial charge in [-0.15, -0.1) is 0 Å². The van der Waals surface area contributed by atoms with Crippen molar-refractivity contribution in [3.8, 4) is 0 Å². The zero-order valence-electron chi connectivity index (χ0n) is 9.08. The predicted octanol–water partition coefficient (Wildman–Crippen LogP) is 4.70. The van der Waals surface area contributed by atoms with E-state index >= 15 is 0 Å². The van der Waals surface area contributed by atoms with Crippen LogP contribution in [-0.2, 0) is 6.42 Å². The quantitative estimate of drug-likeness (QED) is 0.787. The molecule has 1 aliphatic heterocycles. The summed E-state index contributed by atoms with van der Waals surface area (Å²) in [7, 11) is 0. The third-order valence-corrected chi connectivity index (χ3v) is 3.70. The summed E-state index contributed by atoms with van der Waals surface area (Å²) in [5.41, 5.74) is 3.52. The van der Waals surface area contributed by atoms with Crippen LogP contribution in [-0.4, -0.2) is 0 Å². The lowest BCUT2D eigenvalue weighted by Gasteiger charge is -2.11. The van der Waals surface area contributed by atoms with Gasteiger partial charge in [0.2, 0.25) is 0 Å². The Kier molecular flexibility index (Phi) is 2.73. The van der Waals surface area contributed by atoms with Crippen LogP contribution in [0.25, 0.3) is 0 Å². The van der Waals surface area contributed by atoms with Crippen molar-refractivity contribution in [3.63, 3.8) is 0 Å². The fraction of sp³-hybridized carbons (Fsp3) is 0.143. The number of hydrogen-bond donors (Lipinski definition) is 1. The first-order chi connectivity index (χ1) is 8.24. The van der Waals surface area contributed by atoms with E-state index in [1.807, 2.05) is 30.3 Å². The lowest BCUT2D eigenvalue weighted by atomic mass is 10.0. The van der Waals surface area contributed by atoms with Crippen LogP contribution in [0.1, 0.15) is 17.2 Å². The van der Waals surface area contributed by atoms with Crippen molar-refractivity contribution < 1.29 is 0 Å². The standard InChI is InChI=1S/C14H11Cl2N/c15-10-4-1-3-9(7-10)14-8-11-12(16)5-2-6-13(11)17-14/h1-7,14,17H,8H2. The van der Waals surface area contributed by atoms with E-state index in [1.165, 1.54) is 11.1 Å². The topological polar surface area (TPSA) is 12.0 Å². The SMILES string of the molecule is Clc1cccc(C2Cc3c(Cl)cccc3N2)c1. The van der Waals surface area contributed by atoms with Gasteiger partial charge in [-0.2, -0.15) is 0 Å². The van der Waals surface area contributed by atoms with Gasteiger partial charge < -0.3 is 5.32 Å². The van der Waals surface area contributed by atoms with Crippen LogP contribution in [0, 0.1) is 0 Å². The second-order valence-electron chi connectivity index (χ2n) is 4.22. The zero-order valence-corrected chi connectivity index (χ0v) is 10.6. The summed E-state index contributed by atoms with van der Waals surface area (Å²) >= 11 is 12.2. The molecular formula is C14H11Cl2N. The van der Waals surface area contributed by atoms with Gasteiger partial charge in [0, 0.05) is 22.2 Å². The van der Waals surface area contributed by atoms with Gasteiger partial charge in [0.25, 0.3) is 0 Å². The first kappa shape index (κ1) is 10.9. The summed E-state index contributed by atoms with van der Waals surface area (Å²) in [5, 5.41) is 5.08. The molecular weight excluding hydrogens is 253 g/mol. The van der Waals surface area contributed by atoms with E-state index in [4.69, 9.17) is 23.2 Å². The fourth-order valence-electron chi connectivity index (χ4n) is 2.27. The highest BCUT2D eigenvalue weighted by Gasteiger charge is 2.23. The Labute approximate surface area is 110 Å². The molecule has 0 bridgehead atoms. The number of nitrogens with one attached hydrogen (secondary N) is 1. The molecule has 0 radical (unpaired) electrons. The molecule has 86 valence electrons. The number of fused-ring (bicyclic) bond motifs is 1. The van der Waals surface area contributed by atoms with Gasteiger partial charge in [-0.05, 0) is 35.4 Å². The third-order valence-electron chi connectivity index (χ3n) is 3.11. The smallest absolute Gasteiger partial charge is 0.0556 e. The zero-order chi connectivity index (χ0) is 11.8. The molecule has 1 nitrogen and oxygen atoms in total. The maximum absolute atomic E-state index is 6.19. The van der Waals surface area contributed by atoms with Crippen LogP contribution < -0.4 is 5.32 Å². The Balaban J connectivity index is 1.94. The summed E-state index contributed by atoms with van der Waals surface area (Å²) in [6.07, 6.45) is 0.912. The summed E-state index contributed by atoms with van der Waals surface area (Å²) in [6, 6.07) is 14.2. The molecule has 0 amide bonds. The Morgan fingerprint density at radius 1 is 1.06 bits per heavy atom. The van der Waals surface area contributed by atoms with Crippen molar-refractivity contribution in [2.24, 2.45) is 0 Å². The van der Waals surface area contributed by atoms with Crippen molar-refractivity contribution in [3.05, 3.63) is 63.6 Å². The van der Waals surface area contributed by atoms with E-state index in [9.17, 15) is 0 Å². The number of rotatable bonds is 1. The highest BCUT2D eigenvalue weighted by molar-refractivity contribution is 6.32. The predicted molar refractivity (Wildman–Crippen MR) is 73.0 cm³/mol. The highest BCUT2D eigenvalue weighted by Crippen LogP contribution is 2.38. The van der Waals surface area contributed by atoms with E-state index in [0.29, 0.717) is 0 Å². The van der Waals surface area contributed by atoms with E-state index in [2.05, 4.69) is 17.4 Å². The Bertz CT molecular complexity index is 566. The summed E-state index contributed by atoms with van der Waals surface area (Å²) < 4.78 is 0. The van der Waals surface area contributed by atoms with Gasteiger partial charge >= 0.3 is 0 Å². The van der Waals surface area contributed by atoms with Crippen molar-refractivity contribution in [2.75, 3.05) is 5.32 Å². The minimum absolute atomic E-state index is 0.267. The lowest BCUT2D eigenvalue weighted by molar-refractivity contribution is 0.824. The molecule has 1 unspecified atom stereocenters. The number of halogens is 2. The molecule has 0 saturated heterocycles. The van der Waals surface area contributed by atoms with Crippen LogP contribution in [0.3, 0.4) is 0 Å². The minimum Gasteiger partial charge on any atom is -0.378 e. The molecule has 1 atom stereocenters. The monoisotopic (exact) mass is 263 g/mol. The lowest BCUT2D eigenvalue weighted by Crippen LogP contribution is -2.05. The third kappa shape index (κ3) is 2.01. The van der Waals surface area contributed by atoms with E-state index in [-0.39, 0.29) is 6.04 Å². The summed E-state index contributed by atoms with van der Waals surface area (Å²) in [5.74, 6) is 0. The van der Waals surface area contributed by atoms with E-state index < -0.39 is 0 Å². The largest absolute Gasteiger partial charge is 0.378 e. The Hall–Kier alpha value is -1.18. The van der Waals surface area contributed by atoms with Gasteiger partial charge in [-0.1, -0.05) is 41.4 Å². The van der Waals surface area contributed by atoms with E-state index in [0.717, 1.165) is 22.2 Å². The minimum atomic E-state index is 0.267. The maximum atomic E-state index is 6.19. The maximum Gasteiger partial charge on any atom is 0.0556 e. The molecule has 0 spiro atoms. The Morgan fingerprint density at radius 2 is 1.88 bits per heavy atom. The first-order valence-electron chi connectivity index (χ1n) is 5.53. The second kappa shape index (κ2) is 4.25. The van der Waals surface area contributed by atoms with Crippen LogP contribution in [0.15, 0.2) is 42.5 Å². The second-order valence-corrected chi connectivity index (χ2v) is 5.07. The van der Waals surface area contributed by atoms with Crippen LogP contribution >= 0.6 is 23.2 Å². The number of hydrogen-bond acceptors (Lipinski definition) is 1. The van der Waals surface area contributed by atoms with Crippen LogP contribution in [0.4, 0.5) is 5.69 Å². The van der Waals surface area contributed by atoms with Crippen molar-refractivity contribution >= 4 is 28.9 Å². The van der Waals surface area contributed by atoms with Crippen molar-refractivity contribution in [1.82, 2.24) is 0 Å². The fourth-order valence-corrected chi connectivity index (χ4v) is 2.72. The summed E-state index contributed by atoms with van der Waals surface area (Å²) in [6.45, 7) is 0. The molecule has 0 aliphatic carbocycles. The van der Waals surface area contributed by atoms with Crippen molar-refractivity contribution in [2.45, 2.75) is 12.5 Å². The average molecular weight is 264 g/mol. The van der Waals surface area contributed by atoms with Gasteiger partial charge in [0.15, 0.2) is 0 Å². The number of anilines is 1. The van der Waals surface area contributed by atoms with E-state index in [1.54, 1.807) is 0 Å². The molecule has 1 N–H and O–H groups in total. The molecule has 1 heterocycles. The normalized spacial score (nSPS) is 17.6. The molecule has 0 aromatic heterocycles. The van der Waals surface area contributed by atoms with Crippen LogP contribution in [0.5, 0.6) is 0 Å². The van der Waals surface area contributed by atoms with Gasteiger partial charge in [-0.3, -0.25) is 0 Å². The molecule has 0 fully saturated rings. The molecule has 17 heavy (non-hydrogen) atoms. The van der Waals surface area contributed by atoms with Gasteiger partial charge in [0.1, 0.15) is 0 Å². The van der Waals surface area contributed by atoms with Gasteiger partial charge in [0.05, 0.1) is 6.04 Å². The van der Waals surface area contributed by atoms with Crippen LogP contribution in [0.2, 0.25) is 10.0 Å². The average Bonchev–Trinajstić information content (AvgIpc) is 2.74. The first-order valence-corrected chi connectivity index (χ1v) is 6.29. The number of benzene rings is 2. The molecule has 2 aromatic rings. The van der Waals surface area contributed by atoms with Gasteiger partial charge in [-0.25, -0.2) is 0 Å².